The fourth-order valence-corrected chi connectivity index (χ4v) is 3.91. The van der Waals surface area contributed by atoms with Crippen LogP contribution in [0, 0.1) is 0 Å². The number of rotatable bonds is 5. The lowest BCUT2D eigenvalue weighted by atomic mass is 9.95. The minimum absolute atomic E-state index is 0.182. The minimum atomic E-state index is -0.334. The van der Waals surface area contributed by atoms with Crippen LogP contribution in [-0.2, 0) is 0 Å². The van der Waals surface area contributed by atoms with Gasteiger partial charge in [0.25, 0.3) is 11.8 Å². The zero-order valence-electron chi connectivity index (χ0n) is 15.6. The minimum Gasteiger partial charge on any atom is -0.496 e. The zero-order chi connectivity index (χ0) is 20.1. The Balaban J connectivity index is 1.76. The van der Waals surface area contributed by atoms with Crippen molar-refractivity contribution < 1.29 is 14.3 Å². The van der Waals surface area contributed by atoms with Crippen molar-refractivity contribution in [3.63, 3.8) is 0 Å². The molecule has 2 aromatic rings. The number of carbonyl (C=O) groups is 2. The molecule has 2 aromatic carbocycles. The molecule has 148 valence electrons. The van der Waals surface area contributed by atoms with Crippen molar-refractivity contribution >= 4 is 45.0 Å². The average Bonchev–Trinajstić information content (AvgIpc) is 2.70. The van der Waals surface area contributed by atoms with Crippen LogP contribution in [0.2, 0.25) is 5.02 Å². The Labute approximate surface area is 177 Å². The molecule has 3 rings (SSSR count). The molecule has 0 bridgehead atoms. The molecule has 0 spiro atoms. The van der Waals surface area contributed by atoms with E-state index in [-0.39, 0.29) is 17.9 Å². The van der Waals surface area contributed by atoms with Gasteiger partial charge in [0.15, 0.2) is 0 Å². The molecule has 2 N–H and O–H groups in total. The number of hydrogen-bond acceptors (Lipinski definition) is 3. The summed E-state index contributed by atoms with van der Waals surface area (Å²) in [6.45, 7) is 0. The summed E-state index contributed by atoms with van der Waals surface area (Å²) in [6.07, 6.45) is 5.45. The second-order valence-electron chi connectivity index (χ2n) is 6.80. The number of ether oxygens (including phenoxy) is 1. The van der Waals surface area contributed by atoms with E-state index < -0.39 is 0 Å². The van der Waals surface area contributed by atoms with Crippen LogP contribution >= 0.6 is 27.5 Å². The Bertz CT molecular complexity index is 882. The molecule has 0 saturated heterocycles. The molecule has 5 nitrogen and oxygen atoms in total. The van der Waals surface area contributed by atoms with E-state index in [9.17, 15) is 9.59 Å². The molecule has 1 saturated carbocycles. The molecule has 1 aliphatic carbocycles. The Morgan fingerprint density at radius 1 is 1.04 bits per heavy atom. The predicted octanol–water partition coefficient (Wildman–Crippen LogP) is 5.43. The molecule has 2 amide bonds. The molecular weight excluding hydrogens is 444 g/mol. The van der Waals surface area contributed by atoms with Crippen LogP contribution in [0.1, 0.15) is 52.8 Å². The number of hydrogen-bond donors (Lipinski definition) is 2. The smallest absolute Gasteiger partial charge is 0.259 e. The summed E-state index contributed by atoms with van der Waals surface area (Å²) in [5, 5.41) is 6.21. The highest BCUT2D eigenvalue weighted by Crippen LogP contribution is 2.26. The van der Waals surface area contributed by atoms with Gasteiger partial charge in [-0.3, -0.25) is 9.59 Å². The molecule has 1 fully saturated rings. The van der Waals surface area contributed by atoms with Gasteiger partial charge in [-0.05, 0) is 49.2 Å². The van der Waals surface area contributed by atoms with Crippen LogP contribution in [0.25, 0.3) is 0 Å². The summed E-state index contributed by atoms with van der Waals surface area (Å²) >= 11 is 9.59. The number of nitrogens with one attached hydrogen (secondary N) is 2. The maximum absolute atomic E-state index is 12.7. The van der Waals surface area contributed by atoms with Crippen LogP contribution in [0.3, 0.4) is 0 Å². The van der Waals surface area contributed by atoms with Crippen LogP contribution in [-0.4, -0.2) is 25.0 Å². The summed E-state index contributed by atoms with van der Waals surface area (Å²) in [5.41, 5.74) is 1.23. The lowest BCUT2D eigenvalue weighted by Crippen LogP contribution is -2.36. The quantitative estimate of drug-likeness (QED) is 0.619. The molecule has 1 aliphatic rings. The summed E-state index contributed by atoms with van der Waals surface area (Å²) in [6, 6.07) is 10.3. The van der Waals surface area contributed by atoms with Crippen molar-refractivity contribution in [2.75, 3.05) is 12.4 Å². The molecular formula is C21H22BrClN2O3. The van der Waals surface area contributed by atoms with Gasteiger partial charge in [-0.15, -0.1) is 0 Å². The number of amides is 2. The normalized spacial score (nSPS) is 14.4. The topological polar surface area (TPSA) is 67.4 Å². The number of anilines is 1. The molecule has 0 aromatic heterocycles. The lowest BCUT2D eigenvalue weighted by molar-refractivity contribution is 0.0926. The number of carbonyl (C=O) groups excluding carboxylic acids is 2. The molecule has 28 heavy (non-hydrogen) atoms. The van der Waals surface area contributed by atoms with Gasteiger partial charge in [-0.25, -0.2) is 0 Å². The second kappa shape index (κ2) is 9.43. The van der Waals surface area contributed by atoms with Crippen molar-refractivity contribution in [1.29, 1.82) is 0 Å². The number of halogens is 2. The average molecular weight is 466 g/mol. The van der Waals surface area contributed by atoms with Gasteiger partial charge in [-0.2, -0.15) is 0 Å². The number of methoxy groups -OCH3 is 1. The first-order valence-corrected chi connectivity index (χ1v) is 10.4. The Kier molecular flexibility index (Phi) is 6.97. The maximum Gasteiger partial charge on any atom is 0.259 e. The van der Waals surface area contributed by atoms with E-state index in [1.807, 2.05) is 0 Å². The van der Waals surface area contributed by atoms with E-state index in [0.29, 0.717) is 27.6 Å². The molecule has 0 radical (unpaired) electrons. The molecule has 0 unspecified atom stereocenters. The largest absolute Gasteiger partial charge is 0.496 e. The van der Waals surface area contributed by atoms with Gasteiger partial charge in [-0.1, -0.05) is 46.8 Å². The fourth-order valence-electron chi connectivity index (χ4n) is 3.34. The summed E-state index contributed by atoms with van der Waals surface area (Å²) in [4.78, 5) is 25.3. The van der Waals surface area contributed by atoms with E-state index in [1.54, 1.807) is 36.4 Å². The Morgan fingerprint density at radius 2 is 1.79 bits per heavy atom. The third kappa shape index (κ3) is 5.06. The summed E-state index contributed by atoms with van der Waals surface area (Å²) < 4.78 is 6.02. The predicted molar refractivity (Wildman–Crippen MR) is 114 cm³/mol. The van der Waals surface area contributed by atoms with Gasteiger partial charge in [0, 0.05) is 16.2 Å². The van der Waals surface area contributed by atoms with Crippen molar-refractivity contribution in [3.05, 3.63) is 57.0 Å². The van der Waals surface area contributed by atoms with Crippen molar-refractivity contribution in [2.45, 2.75) is 38.1 Å². The lowest BCUT2D eigenvalue weighted by Gasteiger charge is -2.23. The first-order chi connectivity index (χ1) is 13.5. The second-order valence-corrected chi connectivity index (χ2v) is 8.12. The third-order valence-electron chi connectivity index (χ3n) is 4.82. The maximum atomic E-state index is 12.7. The fraction of sp³-hybridized carbons (Fsp3) is 0.333. The summed E-state index contributed by atoms with van der Waals surface area (Å²) in [7, 11) is 1.51. The van der Waals surface area contributed by atoms with Gasteiger partial charge in [0.2, 0.25) is 0 Å². The molecule has 0 aliphatic heterocycles. The van der Waals surface area contributed by atoms with Crippen LogP contribution in [0.4, 0.5) is 5.69 Å². The third-order valence-corrected chi connectivity index (χ3v) is 5.64. The molecule has 0 heterocycles. The van der Waals surface area contributed by atoms with Crippen LogP contribution < -0.4 is 15.4 Å². The van der Waals surface area contributed by atoms with E-state index in [1.165, 1.54) is 13.5 Å². The van der Waals surface area contributed by atoms with E-state index in [0.717, 1.165) is 30.2 Å². The van der Waals surface area contributed by atoms with Gasteiger partial charge < -0.3 is 15.4 Å². The number of benzene rings is 2. The van der Waals surface area contributed by atoms with Gasteiger partial charge in [0.05, 0.1) is 23.3 Å². The van der Waals surface area contributed by atoms with Gasteiger partial charge in [0.1, 0.15) is 5.75 Å². The van der Waals surface area contributed by atoms with E-state index in [4.69, 9.17) is 16.3 Å². The Hall–Kier alpha value is -2.05. The standard InChI is InChI=1S/C21H22BrClN2O3/c1-28-19-10-7-13(22)11-17(19)21(27)25-15-8-9-18(23)16(12-15)20(26)24-14-5-3-2-4-6-14/h7-12,14H,2-6H2,1H3,(H,24,26)(H,25,27). The highest BCUT2D eigenvalue weighted by atomic mass is 79.9. The highest BCUT2D eigenvalue weighted by Gasteiger charge is 2.19. The van der Waals surface area contributed by atoms with Crippen molar-refractivity contribution in [3.8, 4) is 5.75 Å². The van der Waals surface area contributed by atoms with Crippen molar-refractivity contribution in [1.82, 2.24) is 5.32 Å². The van der Waals surface area contributed by atoms with Crippen molar-refractivity contribution in [2.24, 2.45) is 0 Å². The van der Waals surface area contributed by atoms with E-state index >= 15 is 0 Å². The van der Waals surface area contributed by atoms with Crippen LogP contribution in [0.5, 0.6) is 5.75 Å². The molecule has 0 atom stereocenters. The summed E-state index contributed by atoms with van der Waals surface area (Å²) in [5.74, 6) is -0.0860. The van der Waals surface area contributed by atoms with Crippen LogP contribution in [0.15, 0.2) is 40.9 Å². The molecule has 7 heteroatoms. The van der Waals surface area contributed by atoms with E-state index in [2.05, 4.69) is 26.6 Å². The Morgan fingerprint density at radius 3 is 2.50 bits per heavy atom. The highest BCUT2D eigenvalue weighted by molar-refractivity contribution is 9.10. The SMILES string of the molecule is COc1ccc(Br)cc1C(=O)Nc1ccc(Cl)c(C(=O)NC2CCCCC2)c1. The first kappa shape index (κ1) is 20.7. The van der Waals surface area contributed by atoms with Gasteiger partial charge >= 0.3 is 0 Å². The zero-order valence-corrected chi connectivity index (χ0v) is 17.9. The first-order valence-electron chi connectivity index (χ1n) is 9.23. The monoisotopic (exact) mass is 464 g/mol.